The highest BCUT2D eigenvalue weighted by atomic mass is 35.5. The normalized spacial score (nSPS) is 21.3. The average molecular weight is 383 g/mol. The lowest BCUT2D eigenvalue weighted by atomic mass is 10.1. The Morgan fingerprint density at radius 1 is 1.43 bits per heavy atom. The first-order valence-corrected chi connectivity index (χ1v) is 8.45. The molecule has 0 bridgehead atoms. The third-order valence-electron chi connectivity index (χ3n) is 3.88. The summed E-state index contributed by atoms with van der Waals surface area (Å²) < 4.78 is 5.34. The Morgan fingerprint density at radius 2 is 2.22 bits per heavy atom. The molecule has 2 N–H and O–H groups in total. The number of nitrogens with zero attached hydrogens (tertiary/aromatic N) is 2. The summed E-state index contributed by atoms with van der Waals surface area (Å²) in [6.07, 6.45) is 2.80. The molecule has 1 amide bonds. The molecule has 1 atom stereocenters. The molecule has 1 aromatic rings. The maximum atomic E-state index is 12.0. The van der Waals surface area contributed by atoms with Crippen LogP contribution in [0.4, 0.5) is 5.13 Å². The van der Waals surface area contributed by atoms with Crippen molar-refractivity contribution in [2.24, 2.45) is 0 Å². The van der Waals surface area contributed by atoms with Crippen molar-refractivity contribution in [1.82, 2.24) is 15.2 Å². The van der Waals surface area contributed by atoms with Gasteiger partial charge < -0.3 is 15.4 Å². The number of ether oxygens (including phenoxy) is 1. The number of rotatable bonds is 5. The SMILES string of the molecule is Cl.Cl.O=C(CC1CCCN1)Nc1nc(CN2CCOCC2)cs1. The predicted octanol–water partition coefficient (Wildman–Crippen LogP) is 1.90. The highest BCUT2D eigenvalue weighted by molar-refractivity contribution is 7.13. The standard InChI is InChI=1S/C14H22N4O2S.2ClH/c19-13(8-11-2-1-3-15-11)17-14-16-12(10-21-14)9-18-4-6-20-7-5-18;;/h10-11,15H,1-9H2,(H,16,17,19);2*1H. The van der Waals surface area contributed by atoms with Crippen molar-refractivity contribution >= 4 is 47.2 Å². The highest BCUT2D eigenvalue weighted by Crippen LogP contribution is 2.18. The Labute approximate surface area is 153 Å². The molecule has 2 aliphatic rings. The van der Waals surface area contributed by atoms with Crippen LogP contribution < -0.4 is 10.6 Å². The van der Waals surface area contributed by atoms with Crippen LogP contribution in [-0.4, -0.2) is 54.7 Å². The fraction of sp³-hybridized carbons (Fsp3) is 0.714. The minimum absolute atomic E-state index is 0. The van der Waals surface area contributed by atoms with Gasteiger partial charge in [-0.05, 0) is 19.4 Å². The van der Waals surface area contributed by atoms with Gasteiger partial charge in [0.2, 0.25) is 5.91 Å². The topological polar surface area (TPSA) is 66.5 Å². The molecule has 0 radical (unpaired) electrons. The second-order valence-electron chi connectivity index (χ2n) is 5.58. The molecule has 2 aliphatic heterocycles. The van der Waals surface area contributed by atoms with Crippen molar-refractivity contribution in [2.75, 3.05) is 38.2 Å². The first-order valence-electron chi connectivity index (χ1n) is 7.57. The number of morpholine rings is 1. The van der Waals surface area contributed by atoms with Crippen LogP contribution >= 0.6 is 36.2 Å². The molecule has 3 heterocycles. The fourth-order valence-corrected chi connectivity index (χ4v) is 3.47. The highest BCUT2D eigenvalue weighted by Gasteiger charge is 2.18. The largest absolute Gasteiger partial charge is 0.379 e. The summed E-state index contributed by atoms with van der Waals surface area (Å²) in [7, 11) is 0. The lowest BCUT2D eigenvalue weighted by Crippen LogP contribution is -2.35. The Morgan fingerprint density at radius 3 is 2.91 bits per heavy atom. The van der Waals surface area contributed by atoms with Crippen LogP contribution in [-0.2, 0) is 16.1 Å². The lowest BCUT2D eigenvalue weighted by Gasteiger charge is -2.25. The van der Waals surface area contributed by atoms with E-state index in [0.717, 1.165) is 51.5 Å². The number of amides is 1. The first kappa shape index (κ1) is 20.6. The van der Waals surface area contributed by atoms with Crippen LogP contribution in [0.5, 0.6) is 0 Å². The van der Waals surface area contributed by atoms with Gasteiger partial charge in [-0.2, -0.15) is 0 Å². The maximum Gasteiger partial charge on any atom is 0.227 e. The molecule has 23 heavy (non-hydrogen) atoms. The van der Waals surface area contributed by atoms with Gasteiger partial charge in [0.1, 0.15) is 0 Å². The molecule has 0 aliphatic carbocycles. The summed E-state index contributed by atoms with van der Waals surface area (Å²) >= 11 is 1.50. The van der Waals surface area contributed by atoms with E-state index in [9.17, 15) is 4.79 Å². The van der Waals surface area contributed by atoms with Crippen molar-refractivity contribution in [3.05, 3.63) is 11.1 Å². The quantitative estimate of drug-likeness (QED) is 0.813. The van der Waals surface area contributed by atoms with Crippen LogP contribution in [0.15, 0.2) is 5.38 Å². The molecule has 9 heteroatoms. The number of hydrogen-bond acceptors (Lipinski definition) is 6. The van der Waals surface area contributed by atoms with E-state index in [2.05, 4.69) is 20.5 Å². The van der Waals surface area contributed by atoms with Crippen molar-refractivity contribution in [1.29, 1.82) is 0 Å². The molecule has 1 aromatic heterocycles. The van der Waals surface area contributed by atoms with E-state index in [-0.39, 0.29) is 30.7 Å². The minimum Gasteiger partial charge on any atom is -0.379 e. The van der Waals surface area contributed by atoms with Gasteiger partial charge >= 0.3 is 0 Å². The fourth-order valence-electron chi connectivity index (χ4n) is 2.75. The molecule has 0 spiro atoms. The van der Waals surface area contributed by atoms with Crippen LogP contribution in [0, 0.1) is 0 Å². The van der Waals surface area contributed by atoms with E-state index in [1.807, 2.05) is 5.38 Å². The van der Waals surface area contributed by atoms with Crippen LogP contribution in [0.25, 0.3) is 0 Å². The van der Waals surface area contributed by atoms with Crippen molar-refractivity contribution in [2.45, 2.75) is 31.8 Å². The predicted molar refractivity (Wildman–Crippen MR) is 97.0 cm³/mol. The van der Waals surface area contributed by atoms with Crippen molar-refractivity contribution in [3.8, 4) is 0 Å². The molecule has 6 nitrogen and oxygen atoms in total. The van der Waals surface area contributed by atoms with Gasteiger partial charge in [0, 0.05) is 37.5 Å². The Bertz CT molecular complexity index is 477. The molecular weight excluding hydrogens is 359 g/mol. The molecule has 132 valence electrons. The molecule has 3 rings (SSSR count). The Balaban J connectivity index is 0.00000132. The number of halogens is 2. The van der Waals surface area contributed by atoms with E-state index in [4.69, 9.17) is 4.74 Å². The average Bonchev–Trinajstić information content (AvgIpc) is 3.12. The summed E-state index contributed by atoms with van der Waals surface area (Å²) in [5, 5.41) is 8.98. The summed E-state index contributed by atoms with van der Waals surface area (Å²) in [6, 6.07) is 0.331. The van der Waals surface area contributed by atoms with E-state index >= 15 is 0 Å². The number of thiazole rings is 1. The maximum absolute atomic E-state index is 12.0. The summed E-state index contributed by atoms with van der Waals surface area (Å²) in [4.78, 5) is 18.8. The number of carbonyl (C=O) groups excluding carboxylic acids is 1. The zero-order valence-electron chi connectivity index (χ0n) is 13.0. The van der Waals surface area contributed by atoms with Gasteiger partial charge in [-0.1, -0.05) is 0 Å². The van der Waals surface area contributed by atoms with Gasteiger partial charge in [0.05, 0.1) is 18.9 Å². The summed E-state index contributed by atoms with van der Waals surface area (Å²) in [6.45, 7) is 5.35. The third-order valence-corrected chi connectivity index (χ3v) is 4.69. The molecule has 2 fully saturated rings. The second-order valence-corrected chi connectivity index (χ2v) is 6.44. The molecule has 0 saturated carbocycles. The molecule has 1 unspecified atom stereocenters. The number of hydrogen-bond donors (Lipinski definition) is 2. The molecule has 0 aromatic carbocycles. The second kappa shape index (κ2) is 10.4. The van der Waals surface area contributed by atoms with E-state index in [1.54, 1.807) is 0 Å². The number of anilines is 1. The Hall–Kier alpha value is -0.440. The van der Waals surface area contributed by atoms with E-state index in [0.29, 0.717) is 17.6 Å². The third kappa shape index (κ3) is 6.52. The van der Waals surface area contributed by atoms with Crippen molar-refractivity contribution in [3.63, 3.8) is 0 Å². The monoisotopic (exact) mass is 382 g/mol. The minimum atomic E-state index is 0. The first-order chi connectivity index (χ1) is 10.3. The van der Waals surface area contributed by atoms with Crippen LogP contribution in [0.1, 0.15) is 25.0 Å². The van der Waals surface area contributed by atoms with E-state index < -0.39 is 0 Å². The van der Waals surface area contributed by atoms with Gasteiger partial charge in [0.25, 0.3) is 0 Å². The van der Waals surface area contributed by atoms with Crippen LogP contribution in [0.3, 0.4) is 0 Å². The zero-order chi connectivity index (χ0) is 14.5. The summed E-state index contributed by atoms with van der Waals surface area (Å²) in [5.74, 6) is 0.0571. The van der Waals surface area contributed by atoms with Gasteiger partial charge in [-0.15, -0.1) is 36.2 Å². The van der Waals surface area contributed by atoms with Crippen molar-refractivity contribution < 1.29 is 9.53 Å². The molecule has 2 saturated heterocycles. The van der Waals surface area contributed by atoms with Gasteiger partial charge in [0.15, 0.2) is 5.13 Å². The van der Waals surface area contributed by atoms with Gasteiger partial charge in [-0.25, -0.2) is 4.98 Å². The van der Waals surface area contributed by atoms with Gasteiger partial charge in [-0.3, -0.25) is 9.69 Å². The number of nitrogens with one attached hydrogen (secondary N) is 2. The number of carbonyl (C=O) groups is 1. The summed E-state index contributed by atoms with van der Waals surface area (Å²) in [5.41, 5.74) is 1.02. The lowest BCUT2D eigenvalue weighted by molar-refractivity contribution is -0.116. The smallest absolute Gasteiger partial charge is 0.227 e. The number of aromatic nitrogens is 1. The Kier molecular flexibility index (Phi) is 9.34. The van der Waals surface area contributed by atoms with E-state index in [1.165, 1.54) is 17.8 Å². The zero-order valence-corrected chi connectivity index (χ0v) is 15.4. The molecular formula is C14H24Cl2N4O2S. The van der Waals surface area contributed by atoms with Crippen LogP contribution in [0.2, 0.25) is 0 Å².